The summed E-state index contributed by atoms with van der Waals surface area (Å²) < 4.78 is 13.2. The van der Waals surface area contributed by atoms with Gasteiger partial charge in [-0.05, 0) is 48.7 Å². The first-order valence-electron chi connectivity index (χ1n) is 7.78. The molecule has 0 aliphatic heterocycles. The molecule has 0 saturated heterocycles. The summed E-state index contributed by atoms with van der Waals surface area (Å²) in [6, 6.07) is 13.5. The number of hydrogen-bond acceptors (Lipinski definition) is 1. The van der Waals surface area contributed by atoms with E-state index < -0.39 is 5.41 Å². The minimum absolute atomic E-state index is 0.0456. The summed E-state index contributed by atoms with van der Waals surface area (Å²) in [5.74, 6) is 2.23. The van der Waals surface area contributed by atoms with Crippen molar-refractivity contribution in [3.05, 3.63) is 65.5 Å². The van der Waals surface area contributed by atoms with E-state index in [1.165, 1.54) is 12.1 Å². The molecule has 2 aromatic rings. The van der Waals surface area contributed by atoms with E-state index in [4.69, 9.17) is 6.42 Å². The number of carbonyl (C=O) groups excluding carboxylic acids is 1. The molecule has 1 fully saturated rings. The third kappa shape index (κ3) is 2.98. The maximum Gasteiger partial charge on any atom is 0.235 e. The summed E-state index contributed by atoms with van der Waals surface area (Å²) in [5.41, 5.74) is 1.71. The van der Waals surface area contributed by atoms with E-state index in [0.29, 0.717) is 5.69 Å². The van der Waals surface area contributed by atoms with Crippen molar-refractivity contribution < 1.29 is 9.18 Å². The number of halogens is 1. The first-order chi connectivity index (χ1) is 11.1. The van der Waals surface area contributed by atoms with Crippen molar-refractivity contribution in [1.29, 1.82) is 0 Å². The Morgan fingerprint density at radius 1 is 1.13 bits per heavy atom. The lowest BCUT2D eigenvalue weighted by Crippen LogP contribution is -2.38. The Balaban J connectivity index is 1.90. The molecule has 1 N–H and O–H groups in total. The fourth-order valence-corrected chi connectivity index (χ4v) is 3.33. The van der Waals surface area contributed by atoms with Gasteiger partial charge in [0.25, 0.3) is 0 Å². The summed E-state index contributed by atoms with van der Waals surface area (Å²) >= 11 is 0. The van der Waals surface area contributed by atoms with Crippen molar-refractivity contribution in [3.8, 4) is 12.3 Å². The molecule has 1 aliphatic rings. The van der Waals surface area contributed by atoms with Gasteiger partial charge in [-0.15, -0.1) is 6.42 Å². The summed E-state index contributed by atoms with van der Waals surface area (Å²) in [7, 11) is 0. The Hall–Kier alpha value is -2.60. The van der Waals surface area contributed by atoms with Crippen molar-refractivity contribution in [2.75, 3.05) is 5.32 Å². The average molecular weight is 307 g/mol. The van der Waals surface area contributed by atoms with Crippen LogP contribution in [0.5, 0.6) is 0 Å². The van der Waals surface area contributed by atoms with Crippen LogP contribution in [0.25, 0.3) is 0 Å². The van der Waals surface area contributed by atoms with Crippen LogP contribution in [0.15, 0.2) is 48.5 Å². The molecule has 23 heavy (non-hydrogen) atoms. The second-order valence-corrected chi connectivity index (χ2v) is 5.98. The molecule has 0 radical (unpaired) electrons. The molecule has 0 atom stereocenters. The Morgan fingerprint density at radius 2 is 1.83 bits per heavy atom. The van der Waals surface area contributed by atoms with Crippen LogP contribution in [0.3, 0.4) is 0 Å². The predicted octanol–water partition coefficient (Wildman–Crippen LogP) is 4.26. The van der Waals surface area contributed by atoms with Crippen LogP contribution in [-0.4, -0.2) is 5.91 Å². The molecule has 3 heteroatoms. The van der Waals surface area contributed by atoms with E-state index >= 15 is 0 Å². The van der Waals surface area contributed by atoms with Gasteiger partial charge in [-0.2, -0.15) is 0 Å². The van der Waals surface area contributed by atoms with Gasteiger partial charge in [0.15, 0.2) is 0 Å². The van der Waals surface area contributed by atoms with Crippen LogP contribution in [0.4, 0.5) is 10.1 Å². The molecule has 1 saturated carbocycles. The Labute approximate surface area is 135 Å². The normalized spacial score (nSPS) is 15.8. The van der Waals surface area contributed by atoms with Crippen LogP contribution in [0.2, 0.25) is 0 Å². The standard InChI is InChI=1S/C20H18FNO/c1-2-15-6-5-7-18(14-15)22-19(23)20(12-3-4-13-20)16-8-10-17(21)11-9-16/h1,5-11,14H,3-4,12-13H2,(H,22,23). The zero-order chi connectivity index (χ0) is 16.3. The van der Waals surface area contributed by atoms with Crippen molar-refractivity contribution in [3.63, 3.8) is 0 Å². The van der Waals surface area contributed by atoms with Crippen LogP contribution < -0.4 is 5.32 Å². The summed E-state index contributed by atoms with van der Waals surface area (Å²) in [6.07, 6.45) is 8.95. The number of hydrogen-bond donors (Lipinski definition) is 1. The highest BCUT2D eigenvalue weighted by Gasteiger charge is 2.42. The zero-order valence-electron chi connectivity index (χ0n) is 12.8. The molecule has 0 unspecified atom stereocenters. The second kappa shape index (κ2) is 6.26. The minimum Gasteiger partial charge on any atom is -0.325 e. The minimum atomic E-state index is -0.583. The number of carbonyl (C=O) groups is 1. The number of benzene rings is 2. The molecule has 0 aromatic heterocycles. The number of nitrogens with one attached hydrogen (secondary N) is 1. The number of terminal acetylenes is 1. The van der Waals surface area contributed by atoms with Crippen LogP contribution in [0, 0.1) is 18.2 Å². The van der Waals surface area contributed by atoms with Gasteiger partial charge in [-0.25, -0.2) is 4.39 Å². The lowest BCUT2D eigenvalue weighted by Gasteiger charge is -2.28. The van der Waals surface area contributed by atoms with Gasteiger partial charge >= 0.3 is 0 Å². The molecule has 0 heterocycles. The molecule has 116 valence electrons. The summed E-state index contributed by atoms with van der Waals surface area (Å²) in [6.45, 7) is 0. The van der Waals surface area contributed by atoms with Crippen molar-refractivity contribution in [2.45, 2.75) is 31.1 Å². The van der Waals surface area contributed by atoms with Gasteiger partial charge in [0.05, 0.1) is 5.41 Å². The van der Waals surface area contributed by atoms with E-state index in [2.05, 4.69) is 11.2 Å². The van der Waals surface area contributed by atoms with Gasteiger partial charge < -0.3 is 5.32 Å². The highest BCUT2D eigenvalue weighted by atomic mass is 19.1. The van der Waals surface area contributed by atoms with Gasteiger partial charge in [0.1, 0.15) is 5.82 Å². The van der Waals surface area contributed by atoms with Gasteiger partial charge in [-0.1, -0.05) is 37.0 Å². The summed E-state index contributed by atoms with van der Waals surface area (Å²) in [4.78, 5) is 13.0. The fraction of sp³-hybridized carbons (Fsp3) is 0.250. The van der Waals surface area contributed by atoms with Crippen molar-refractivity contribution >= 4 is 11.6 Å². The van der Waals surface area contributed by atoms with Crippen LogP contribution in [0.1, 0.15) is 36.8 Å². The molecule has 3 rings (SSSR count). The van der Waals surface area contributed by atoms with E-state index in [-0.39, 0.29) is 11.7 Å². The molecule has 0 spiro atoms. The number of anilines is 1. The van der Waals surface area contributed by atoms with Gasteiger partial charge in [0, 0.05) is 11.3 Å². The molecule has 2 nitrogen and oxygen atoms in total. The second-order valence-electron chi connectivity index (χ2n) is 5.98. The Morgan fingerprint density at radius 3 is 2.48 bits per heavy atom. The number of rotatable bonds is 3. The van der Waals surface area contributed by atoms with E-state index in [9.17, 15) is 9.18 Å². The van der Waals surface area contributed by atoms with Crippen molar-refractivity contribution in [1.82, 2.24) is 0 Å². The lowest BCUT2D eigenvalue weighted by molar-refractivity contribution is -0.121. The molecule has 2 aromatic carbocycles. The van der Waals surface area contributed by atoms with E-state index in [1.54, 1.807) is 18.2 Å². The molecular weight excluding hydrogens is 289 g/mol. The Kier molecular flexibility index (Phi) is 4.16. The molecular formula is C20H18FNO. The third-order valence-corrected chi connectivity index (χ3v) is 4.58. The molecule has 1 amide bonds. The fourth-order valence-electron chi connectivity index (χ4n) is 3.33. The average Bonchev–Trinajstić information content (AvgIpc) is 3.06. The van der Waals surface area contributed by atoms with Gasteiger partial charge in [-0.3, -0.25) is 4.79 Å². The van der Waals surface area contributed by atoms with E-state index in [1.807, 2.05) is 18.2 Å². The number of amides is 1. The maximum atomic E-state index is 13.2. The van der Waals surface area contributed by atoms with Crippen LogP contribution >= 0.6 is 0 Å². The quantitative estimate of drug-likeness (QED) is 0.844. The largest absolute Gasteiger partial charge is 0.325 e. The smallest absolute Gasteiger partial charge is 0.235 e. The third-order valence-electron chi connectivity index (χ3n) is 4.58. The highest BCUT2D eigenvalue weighted by Crippen LogP contribution is 2.42. The Bertz CT molecular complexity index is 752. The first kappa shape index (κ1) is 15.3. The molecule has 0 bridgehead atoms. The molecule has 1 aliphatic carbocycles. The lowest BCUT2D eigenvalue weighted by atomic mass is 9.78. The highest BCUT2D eigenvalue weighted by molar-refractivity contribution is 5.99. The first-order valence-corrected chi connectivity index (χ1v) is 7.78. The van der Waals surface area contributed by atoms with E-state index in [0.717, 1.165) is 36.8 Å². The van der Waals surface area contributed by atoms with Gasteiger partial charge in [0.2, 0.25) is 5.91 Å². The maximum absolute atomic E-state index is 13.2. The monoisotopic (exact) mass is 307 g/mol. The topological polar surface area (TPSA) is 29.1 Å². The predicted molar refractivity (Wildman–Crippen MR) is 89.6 cm³/mol. The SMILES string of the molecule is C#Cc1cccc(NC(=O)C2(c3ccc(F)cc3)CCCC2)c1. The summed E-state index contributed by atoms with van der Waals surface area (Å²) in [5, 5.41) is 2.98. The van der Waals surface area contributed by atoms with Crippen molar-refractivity contribution in [2.24, 2.45) is 0 Å². The van der Waals surface area contributed by atoms with Crippen LogP contribution in [-0.2, 0) is 10.2 Å². The zero-order valence-corrected chi connectivity index (χ0v) is 12.8.